The Labute approximate surface area is 101 Å². The van der Waals surface area contributed by atoms with Crippen molar-refractivity contribution in [2.45, 2.75) is 44.5 Å². The highest BCUT2D eigenvalue weighted by molar-refractivity contribution is 8.00. The molecule has 1 aromatic rings. The van der Waals surface area contributed by atoms with Crippen LogP contribution in [0.5, 0.6) is 0 Å². The van der Waals surface area contributed by atoms with E-state index in [0.717, 1.165) is 18.6 Å². The fourth-order valence-electron chi connectivity index (χ4n) is 1.20. The van der Waals surface area contributed by atoms with Gasteiger partial charge in [-0.15, -0.1) is 0 Å². The lowest BCUT2D eigenvalue weighted by Gasteiger charge is -2.19. The first-order valence-electron chi connectivity index (χ1n) is 5.30. The second kappa shape index (κ2) is 5.92. The average molecular weight is 244 g/mol. The average Bonchev–Trinajstić information content (AvgIpc) is 2.62. The SMILES string of the molecule is CC(C)(C)SCC(O)CCc1ccsc1. The van der Waals surface area contributed by atoms with E-state index in [1.54, 1.807) is 11.3 Å². The molecule has 0 amide bonds. The minimum atomic E-state index is -0.172. The van der Waals surface area contributed by atoms with Gasteiger partial charge in [0.1, 0.15) is 0 Å². The number of thiophene rings is 1. The van der Waals surface area contributed by atoms with Crippen LogP contribution in [0.15, 0.2) is 16.8 Å². The van der Waals surface area contributed by atoms with Crippen molar-refractivity contribution in [3.8, 4) is 0 Å². The van der Waals surface area contributed by atoms with Gasteiger partial charge in [0.15, 0.2) is 0 Å². The Balaban J connectivity index is 2.16. The van der Waals surface area contributed by atoms with Gasteiger partial charge in [-0.05, 0) is 35.2 Å². The summed E-state index contributed by atoms with van der Waals surface area (Å²) < 4.78 is 0.253. The first-order chi connectivity index (χ1) is 6.97. The number of thioether (sulfide) groups is 1. The summed E-state index contributed by atoms with van der Waals surface area (Å²) in [5.41, 5.74) is 1.35. The molecule has 1 atom stereocenters. The molecule has 0 fully saturated rings. The van der Waals surface area contributed by atoms with E-state index in [1.165, 1.54) is 5.56 Å². The van der Waals surface area contributed by atoms with E-state index in [0.29, 0.717) is 0 Å². The van der Waals surface area contributed by atoms with Gasteiger partial charge in [-0.1, -0.05) is 20.8 Å². The second-order valence-electron chi connectivity index (χ2n) is 4.75. The Morgan fingerprint density at radius 2 is 2.20 bits per heavy atom. The molecular weight excluding hydrogens is 224 g/mol. The first kappa shape index (κ1) is 13.1. The van der Waals surface area contributed by atoms with Crippen LogP contribution in [0.1, 0.15) is 32.8 Å². The van der Waals surface area contributed by atoms with Gasteiger partial charge < -0.3 is 5.11 Å². The minimum Gasteiger partial charge on any atom is -0.392 e. The number of hydrogen-bond donors (Lipinski definition) is 1. The van der Waals surface area contributed by atoms with Gasteiger partial charge in [-0.2, -0.15) is 23.1 Å². The third-order valence-electron chi connectivity index (χ3n) is 2.06. The monoisotopic (exact) mass is 244 g/mol. The predicted molar refractivity (Wildman–Crippen MR) is 70.9 cm³/mol. The van der Waals surface area contributed by atoms with E-state index in [2.05, 4.69) is 37.6 Å². The van der Waals surface area contributed by atoms with Crippen LogP contribution in [0.25, 0.3) is 0 Å². The molecule has 1 unspecified atom stereocenters. The van der Waals surface area contributed by atoms with E-state index in [9.17, 15) is 5.11 Å². The maximum absolute atomic E-state index is 9.79. The Bertz CT molecular complexity index is 262. The lowest BCUT2D eigenvalue weighted by Crippen LogP contribution is -2.17. The van der Waals surface area contributed by atoms with Gasteiger partial charge in [0, 0.05) is 10.5 Å². The molecule has 0 aromatic carbocycles. The van der Waals surface area contributed by atoms with Crippen molar-refractivity contribution in [1.29, 1.82) is 0 Å². The molecule has 0 saturated heterocycles. The van der Waals surface area contributed by atoms with Crippen molar-refractivity contribution in [3.05, 3.63) is 22.4 Å². The van der Waals surface area contributed by atoms with E-state index < -0.39 is 0 Å². The molecule has 1 heterocycles. The van der Waals surface area contributed by atoms with Crippen LogP contribution in [0.3, 0.4) is 0 Å². The summed E-state index contributed by atoms with van der Waals surface area (Å²) in [7, 11) is 0. The van der Waals surface area contributed by atoms with Crippen molar-refractivity contribution in [3.63, 3.8) is 0 Å². The molecule has 86 valence electrons. The van der Waals surface area contributed by atoms with Crippen LogP contribution in [-0.2, 0) is 6.42 Å². The van der Waals surface area contributed by atoms with Crippen molar-refractivity contribution in [2.24, 2.45) is 0 Å². The zero-order chi connectivity index (χ0) is 11.3. The van der Waals surface area contributed by atoms with E-state index >= 15 is 0 Å². The summed E-state index contributed by atoms with van der Waals surface area (Å²) in [5, 5.41) is 14.0. The third-order valence-corrected chi connectivity index (χ3v) is 4.20. The Kier molecular flexibility index (Phi) is 5.16. The highest BCUT2D eigenvalue weighted by atomic mass is 32.2. The fourth-order valence-corrected chi connectivity index (χ4v) is 2.76. The van der Waals surface area contributed by atoms with Crippen LogP contribution < -0.4 is 0 Å². The zero-order valence-corrected chi connectivity index (χ0v) is 11.3. The number of hydrogen-bond acceptors (Lipinski definition) is 3. The topological polar surface area (TPSA) is 20.2 Å². The number of aliphatic hydroxyl groups is 1. The molecule has 1 nitrogen and oxygen atoms in total. The predicted octanol–water partition coefficient (Wildman–Crippen LogP) is 3.57. The van der Waals surface area contributed by atoms with Gasteiger partial charge in [0.2, 0.25) is 0 Å². The molecule has 1 rings (SSSR count). The van der Waals surface area contributed by atoms with Gasteiger partial charge in [-0.3, -0.25) is 0 Å². The number of rotatable bonds is 5. The lowest BCUT2D eigenvalue weighted by molar-refractivity contribution is 0.189. The van der Waals surface area contributed by atoms with Crippen molar-refractivity contribution < 1.29 is 5.11 Å². The summed E-state index contributed by atoms with van der Waals surface area (Å²) >= 11 is 3.55. The molecule has 0 spiro atoms. The quantitative estimate of drug-likeness (QED) is 0.854. The highest BCUT2D eigenvalue weighted by Crippen LogP contribution is 2.24. The van der Waals surface area contributed by atoms with E-state index in [-0.39, 0.29) is 10.9 Å². The van der Waals surface area contributed by atoms with Crippen molar-refractivity contribution in [2.75, 3.05) is 5.75 Å². The van der Waals surface area contributed by atoms with Crippen LogP contribution in [0.4, 0.5) is 0 Å². The molecule has 0 aliphatic rings. The second-order valence-corrected chi connectivity index (χ2v) is 7.37. The zero-order valence-electron chi connectivity index (χ0n) is 9.69. The Morgan fingerprint density at radius 1 is 1.47 bits per heavy atom. The van der Waals surface area contributed by atoms with E-state index in [4.69, 9.17) is 0 Å². The summed E-state index contributed by atoms with van der Waals surface area (Å²) in [4.78, 5) is 0. The molecule has 0 aliphatic heterocycles. The fraction of sp³-hybridized carbons (Fsp3) is 0.667. The number of aryl methyl sites for hydroxylation is 1. The molecule has 15 heavy (non-hydrogen) atoms. The smallest absolute Gasteiger partial charge is 0.0634 e. The van der Waals surface area contributed by atoms with Crippen molar-refractivity contribution >= 4 is 23.1 Å². The van der Waals surface area contributed by atoms with Crippen LogP contribution in [-0.4, -0.2) is 21.7 Å². The maximum Gasteiger partial charge on any atom is 0.0634 e. The lowest BCUT2D eigenvalue weighted by atomic mass is 10.1. The van der Waals surface area contributed by atoms with Gasteiger partial charge >= 0.3 is 0 Å². The summed E-state index contributed by atoms with van der Waals surface area (Å²) in [6.45, 7) is 6.55. The molecular formula is C12H20OS2. The first-order valence-corrected chi connectivity index (χ1v) is 7.23. The molecule has 1 N–H and O–H groups in total. The van der Waals surface area contributed by atoms with Gasteiger partial charge in [-0.25, -0.2) is 0 Å². The molecule has 0 radical (unpaired) electrons. The van der Waals surface area contributed by atoms with Crippen LogP contribution >= 0.6 is 23.1 Å². The minimum absolute atomic E-state index is 0.172. The van der Waals surface area contributed by atoms with Gasteiger partial charge in [0.05, 0.1) is 6.10 Å². The Hall–Kier alpha value is 0.01000. The van der Waals surface area contributed by atoms with Crippen LogP contribution in [0, 0.1) is 0 Å². The van der Waals surface area contributed by atoms with Crippen molar-refractivity contribution in [1.82, 2.24) is 0 Å². The molecule has 1 aromatic heterocycles. The summed E-state index contributed by atoms with van der Waals surface area (Å²) in [6, 6.07) is 2.13. The number of aliphatic hydroxyl groups excluding tert-OH is 1. The molecule has 3 heteroatoms. The van der Waals surface area contributed by atoms with Gasteiger partial charge in [0.25, 0.3) is 0 Å². The summed E-state index contributed by atoms with van der Waals surface area (Å²) in [5.74, 6) is 0.841. The largest absolute Gasteiger partial charge is 0.392 e. The Morgan fingerprint density at radius 3 is 2.73 bits per heavy atom. The molecule has 0 saturated carbocycles. The summed E-state index contributed by atoms with van der Waals surface area (Å²) in [6.07, 6.45) is 1.70. The van der Waals surface area contributed by atoms with Crippen LogP contribution in [0.2, 0.25) is 0 Å². The normalized spacial score (nSPS) is 14.1. The molecule has 0 aliphatic carbocycles. The molecule has 0 bridgehead atoms. The maximum atomic E-state index is 9.79. The standard InChI is InChI=1S/C12H20OS2/c1-12(2,3)15-9-11(13)5-4-10-6-7-14-8-10/h6-8,11,13H,4-5,9H2,1-3H3. The third kappa shape index (κ3) is 6.23. The van der Waals surface area contributed by atoms with E-state index in [1.807, 2.05) is 11.8 Å². The highest BCUT2D eigenvalue weighted by Gasteiger charge is 2.13.